The van der Waals surface area contributed by atoms with Gasteiger partial charge in [-0.3, -0.25) is 14.8 Å². The Morgan fingerprint density at radius 1 is 0.586 bits per heavy atom. The van der Waals surface area contributed by atoms with Crippen LogP contribution in [0.2, 0.25) is 0 Å². The fourth-order valence-corrected chi connectivity index (χ4v) is 10.1. The van der Waals surface area contributed by atoms with E-state index in [2.05, 4.69) is 176 Å². The fourth-order valence-electron chi connectivity index (χ4n) is 10.1. The number of fused-ring (bicyclic) bond motifs is 2. The van der Waals surface area contributed by atoms with Crippen molar-refractivity contribution >= 4 is 27.5 Å². The number of Topliss-reactive ketones (excluding diaryl/α,β-unsaturated/α-hetero) is 1. The largest absolute Gasteiger partial charge is 0.511 e. The number of benzene rings is 8. The minimum atomic E-state index is -0.382. The predicted molar refractivity (Wildman–Crippen MR) is 283 cm³/mol. The van der Waals surface area contributed by atoms with Crippen LogP contribution in [0.5, 0.6) is 0 Å². The molecule has 2 aromatic heterocycles. The van der Waals surface area contributed by atoms with E-state index >= 15 is 0 Å². The monoisotopic (exact) mass is 1080 g/mol. The quantitative estimate of drug-likeness (QED) is 0.131. The topological polar surface area (TPSA) is 63.1 Å². The molecule has 0 bridgehead atoms. The summed E-state index contributed by atoms with van der Waals surface area (Å²) in [7, 11) is 0. The summed E-state index contributed by atoms with van der Waals surface area (Å²) in [5.41, 5.74) is 16.6. The molecule has 10 aromatic rings. The average molecular weight is 1080 g/mol. The Bertz CT molecular complexity index is 3410. The van der Waals surface area contributed by atoms with Crippen molar-refractivity contribution in [2.24, 2.45) is 5.41 Å². The number of aryl methyl sites for hydroxylation is 1. The number of aliphatic hydroxyl groups is 1. The van der Waals surface area contributed by atoms with Crippen LogP contribution in [-0.4, -0.2) is 20.9 Å². The summed E-state index contributed by atoms with van der Waals surface area (Å²) < 4.78 is 0. The van der Waals surface area contributed by atoms with E-state index < -0.39 is 0 Å². The summed E-state index contributed by atoms with van der Waals surface area (Å²) in [6.07, 6.45) is 5.26. The van der Waals surface area contributed by atoms with Gasteiger partial charge in [0.2, 0.25) is 0 Å². The Hall–Kier alpha value is -7.56. The fraction of sp³-hybridized carbons (Fsp3) is 0.123. The second-order valence-corrected chi connectivity index (χ2v) is 18.8. The van der Waals surface area contributed by atoms with E-state index in [1.54, 1.807) is 0 Å². The molecule has 70 heavy (non-hydrogen) atoms. The Labute approximate surface area is 423 Å². The van der Waals surface area contributed by atoms with Crippen molar-refractivity contribution in [2.75, 3.05) is 0 Å². The number of pyridine rings is 2. The molecule has 11 rings (SSSR count). The smallest absolute Gasteiger partial charge is 0.162 e. The molecule has 5 heteroatoms. The molecule has 1 aliphatic rings. The van der Waals surface area contributed by atoms with Crippen LogP contribution in [0, 0.1) is 17.5 Å². The van der Waals surface area contributed by atoms with Gasteiger partial charge < -0.3 is 5.11 Å². The summed E-state index contributed by atoms with van der Waals surface area (Å²) in [6.45, 7) is 4.05. The number of carbonyl (C=O) groups excluding carboxylic acids is 1. The molecule has 1 radical (unpaired) electrons. The Morgan fingerprint density at radius 2 is 1.16 bits per heavy atom. The van der Waals surface area contributed by atoms with E-state index in [1.165, 1.54) is 0 Å². The number of nitrogens with zero attached hydrogens (tertiary/aromatic N) is 2. The summed E-state index contributed by atoms with van der Waals surface area (Å²) in [6, 6.07) is 75.0. The number of aromatic nitrogens is 2. The van der Waals surface area contributed by atoms with Crippen molar-refractivity contribution in [1.82, 2.24) is 9.97 Å². The van der Waals surface area contributed by atoms with Crippen molar-refractivity contribution < 1.29 is 30.0 Å². The van der Waals surface area contributed by atoms with E-state index in [9.17, 15) is 9.90 Å². The molecule has 0 saturated heterocycles. The maximum atomic E-state index is 13.8. The summed E-state index contributed by atoms with van der Waals surface area (Å²) >= 11 is 0. The summed E-state index contributed by atoms with van der Waals surface area (Å²) in [5, 5.41) is 14.5. The van der Waals surface area contributed by atoms with Gasteiger partial charge >= 0.3 is 0 Å². The van der Waals surface area contributed by atoms with Crippen molar-refractivity contribution in [3.63, 3.8) is 0 Å². The third-order valence-electron chi connectivity index (χ3n) is 13.9. The standard InChI is InChI=1S/C65H50N2O2.Ir/c1-65(2)37-13-23-59(64(65)69)63(68)36-33-44-15-5-7-18-54(44)51-39-52(57-21-10-8-19-55(57)45-26-28-47(29-27-45)62-35-31-46-16-6-12-24-61(46)67-62)41-53(40-51)58-22-11-9-20-56(58)50-32-34-60(66-42-50)49-30-25-43-14-3-4-17-48(43)38-49;/h3-12,14-22,24-28,30-32,34-35,39-42,69H,13,23,33,36-37H2,1-2H3;/q-2;. The van der Waals surface area contributed by atoms with Gasteiger partial charge in [-0.15, -0.1) is 59.5 Å². The number of ketones is 1. The zero-order chi connectivity index (χ0) is 46.9. The van der Waals surface area contributed by atoms with Gasteiger partial charge in [-0.25, -0.2) is 0 Å². The van der Waals surface area contributed by atoms with Gasteiger partial charge in [0, 0.05) is 49.4 Å². The van der Waals surface area contributed by atoms with Crippen molar-refractivity contribution in [3.05, 3.63) is 229 Å². The molecular formula is C65H50IrN2O2-2. The van der Waals surface area contributed by atoms with E-state index in [0.717, 1.165) is 118 Å². The van der Waals surface area contributed by atoms with E-state index in [4.69, 9.17) is 9.97 Å². The van der Waals surface area contributed by atoms with Gasteiger partial charge in [-0.1, -0.05) is 169 Å². The van der Waals surface area contributed by atoms with Crippen molar-refractivity contribution in [2.45, 2.75) is 46.0 Å². The molecule has 0 aliphatic heterocycles. The number of carbonyl (C=O) groups is 1. The zero-order valence-electron chi connectivity index (χ0n) is 39.2. The molecule has 1 N–H and O–H groups in total. The average Bonchev–Trinajstić information content (AvgIpc) is 3.40. The number of rotatable bonds is 11. The molecule has 0 fully saturated rings. The number of hydrogen-bond donors (Lipinski definition) is 1. The Morgan fingerprint density at radius 3 is 1.86 bits per heavy atom. The molecule has 0 saturated carbocycles. The SMILES string of the molecule is CC1(C)CCCC(C(=O)CCc2ccccc2-c2cc(-c3ccccc3-c3c[c-]c(-c4ccc5ccccc5n4)cc3)cc(-c3ccccc3-c3ccc(-c4[c-]c5ccccc5cc4)nc3)c2)=C1O.[Ir]. The molecular weight excluding hydrogens is 1030 g/mol. The number of allylic oxidation sites excluding steroid dienone is 2. The van der Waals surface area contributed by atoms with Crippen LogP contribution in [-0.2, 0) is 31.3 Å². The van der Waals surface area contributed by atoms with E-state index in [0.29, 0.717) is 24.8 Å². The van der Waals surface area contributed by atoms with Crippen LogP contribution in [0.3, 0.4) is 0 Å². The van der Waals surface area contributed by atoms with Crippen molar-refractivity contribution in [3.8, 4) is 78.1 Å². The molecule has 0 amide bonds. The maximum Gasteiger partial charge on any atom is 0.162 e. The van der Waals surface area contributed by atoms with Gasteiger partial charge in [0.15, 0.2) is 5.78 Å². The Kier molecular flexibility index (Phi) is 13.1. The van der Waals surface area contributed by atoms with Gasteiger partial charge in [-0.2, -0.15) is 0 Å². The first-order valence-corrected chi connectivity index (χ1v) is 23.9. The zero-order valence-corrected chi connectivity index (χ0v) is 41.6. The number of aliphatic hydroxyl groups excluding tert-OH is 1. The third-order valence-corrected chi connectivity index (χ3v) is 13.9. The third kappa shape index (κ3) is 9.31. The van der Waals surface area contributed by atoms with Crippen LogP contribution in [0.25, 0.3) is 99.8 Å². The van der Waals surface area contributed by atoms with Gasteiger partial charge in [-0.05, 0) is 111 Å². The minimum absolute atomic E-state index is 0. The van der Waals surface area contributed by atoms with Gasteiger partial charge in [0.1, 0.15) is 5.76 Å². The summed E-state index contributed by atoms with van der Waals surface area (Å²) in [5.74, 6) is 0.292. The maximum absolute atomic E-state index is 13.8. The van der Waals surface area contributed by atoms with Crippen LogP contribution in [0.15, 0.2) is 212 Å². The normalized spacial score (nSPS) is 13.3. The first kappa shape index (κ1) is 46.2. The van der Waals surface area contributed by atoms with Gasteiger partial charge in [0.05, 0.1) is 5.52 Å². The Balaban J connectivity index is 0.00000567. The number of hydrogen-bond acceptors (Lipinski definition) is 4. The van der Waals surface area contributed by atoms with Crippen LogP contribution >= 0.6 is 0 Å². The molecule has 1 aliphatic carbocycles. The number of para-hydroxylation sites is 1. The van der Waals surface area contributed by atoms with Crippen LogP contribution < -0.4 is 0 Å². The molecule has 0 atom stereocenters. The molecule has 0 unspecified atom stereocenters. The first-order chi connectivity index (χ1) is 33.8. The molecule has 0 spiro atoms. The molecule has 4 nitrogen and oxygen atoms in total. The summed E-state index contributed by atoms with van der Waals surface area (Å²) in [4.78, 5) is 23.7. The van der Waals surface area contributed by atoms with E-state index in [1.807, 2.05) is 50.4 Å². The minimum Gasteiger partial charge on any atom is -0.511 e. The molecule has 8 aromatic carbocycles. The predicted octanol–water partition coefficient (Wildman–Crippen LogP) is 16.6. The second-order valence-electron chi connectivity index (χ2n) is 18.8. The van der Waals surface area contributed by atoms with Crippen LogP contribution in [0.1, 0.15) is 45.1 Å². The second kappa shape index (κ2) is 19.8. The molecule has 2 heterocycles. The van der Waals surface area contributed by atoms with E-state index in [-0.39, 0.29) is 37.1 Å². The first-order valence-electron chi connectivity index (χ1n) is 23.9. The van der Waals surface area contributed by atoms with Crippen LogP contribution in [0.4, 0.5) is 0 Å². The van der Waals surface area contributed by atoms with Crippen molar-refractivity contribution in [1.29, 1.82) is 0 Å². The molecule has 343 valence electrons. The van der Waals surface area contributed by atoms with Gasteiger partial charge in [0.25, 0.3) is 0 Å².